The van der Waals surface area contributed by atoms with Crippen molar-refractivity contribution >= 4 is 5.91 Å². The first-order valence-electron chi connectivity index (χ1n) is 6.98. The summed E-state index contributed by atoms with van der Waals surface area (Å²) < 4.78 is 5.77. The van der Waals surface area contributed by atoms with Gasteiger partial charge in [-0.2, -0.15) is 0 Å². The monoisotopic (exact) mass is 283 g/mol. The van der Waals surface area contributed by atoms with Crippen LogP contribution in [0.5, 0.6) is 0 Å². The van der Waals surface area contributed by atoms with E-state index in [0.29, 0.717) is 12.1 Å². The van der Waals surface area contributed by atoms with Crippen LogP contribution in [-0.4, -0.2) is 23.6 Å². The van der Waals surface area contributed by atoms with E-state index in [-0.39, 0.29) is 12.0 Å². The number of hydroxylamine groups is 2. The van der Waals surface area contributed by atoms with Crippen LogP contribution >= 0.6 is 0 Å². The number of ether oxygens (including phenoxy) is 1. The quantitative estimate of drug-likeness (QED) is 0.849. The Kier molecular flexibility index (Phi) is 3.99. The van der Waals surface area contributed by atoms with E-state index in [0.717, 1.165) is 5.56 Å². The van der Waals surface area contributed by atoms with Gasteiger partial charge in [-0.25, -0.2) is 9.90 Å². The number of nitrogens with zero attached hydrogens (tertiary/aromatic N) is 1. The maximum atomic E-state index is 12.5. The molecule has 0 radical (unpaired) electrons. The van der Waals surface area contributed by atoms with E-state index in [4.69, 9.17) is 9.57 Å². The number of rotatable bonds is 2. The van der Waals surface area contributed by atoms with Crippen LogP contribution in [0.1, 0.15) is 29.1 Å². The summed E-state index contributed by atoms with van der Waals surface area (Å²) in [4.78, 5) is 18.2. The van der Waals surface area contributed by atoms with Crippen molar-refractivity contribution in [3.63, 3.8) is 0 Å². The van der Waals surface area contributed by atoms with Crippen molar-refractivity contribution in [3.8, 4) is 0 Å². The van der Waals surface area contributed by atoms with Crippen molar-refractivity contribution in [2.75, 3.05) is 6.54 Å². The summed E-state index contributed by atoms with van der Waals surface area (Å²) in [5.41, 5.74) is 1.51. The molecular formula is C17H17NO3. The Morgan fingerprint density at radius 1 is 1.05 bits per heavy atom. The lowest BCUT2D eigenvalue weighted by molar-refractivity contribution is -0.320. The van der Waals surface area contributed by atoms with Gasteiger partial charge < -0.3 is 4.74 Å². The van der Waals surface area contributed by atoms with E-state index >= 15 is 0 Å². The van der Waals surface area contributed by atoms with Gasteiger partial charge in [-0.15, -0.1) is 0 Å². The summed E-state index contributed by atoms with van der Waals surface area (Å²) in [5.74, 6) is -0.147. The van der Waals surface area contributed by atoms with Crippen molar-refractivity contribution < 1.29 is 14.4 Å². The Morgan fingerprint density at radius 2 is 1.67 bits per heavy atom. The molecule has 1 aliphatic heterocycles. The molecule has 2 aromatic rings. The Bertz CT molecular complexity index is 600. The molecule has 0 aromatic heterocycles. The number of amides is 1. The number of carbonyl (C=O) groups excluding carboxylic acids is 1. The van der Waals surface area contributed by atoms with Gasteiger partial charge in [-0.1, -0.05) is 48.5 Å². The van der Waals surface area contributed by atoms with E-state index in [2.05, 4.69) is 0 Å². The zero-order valence-corrected chi connectivity index (χ0v) is 11.8. The molecule has 108 valence electrons. The van der Waals surface area contributed by atoms with Crippen molar-refractivity contribution in [2.45, 2.75) is 19.3 Å². The largest absolute Gasteiger partial charge is 0.342 e. The first kappa shape index (κ1) is 13.8. The predicted octanol–water partition coefficient (Wildman–Crippen LogP) is 3.18. The average molecular weight is 283 g/mol. The molecule has 4 nitrogen and oxygen atoms in total. The maximum absolute atomic E-state index is 12.5. The molecule has 1 aliphatic rings. The van der Waals surface area contributed by atoms with Crippen LogP contribution in [0.2, 0.25) is 0 Å². The Balaban J connectivity index is 1.79. The summed E-state index contributed by atoms with van der Waals surface area (Å²) >= 11 is 0. The normalized spacial score (nSPS) is 22.0. The smallest absolute Gasteiger partial charge is 0.277 e. The lowest BCUT2D eigenvalue weighted by Gasteiger charge is -2.36. The third kappa shape index (κ3) is 3.12. The Hall–Kier alpha value is -2.17. The fourth-order valence-corrected chi connectivity index (χ4v) is 2.28. The molecule has 1 saturated heterocycles. The van der Waals surface area contributed by atoms with Gasteiger partial charge in [-0.05, 0) is 19.1 Å². The maximum Gasteiger partial charge on any atom is 0.277 e. The van der Waals surface area contributed by atoms with Crippen LogP contribution in [0, 0.1) is 0 Å². The molecule has 3 rings (SSSR count). The molecule has 21 heavy (non-hydrogen) atoms. The lowest BCUT2D eigenvalue weighted by Crippen LogP contribution is -2.44. The molecule has 1 heterocycles. The van der Waals surface area contributed by atoms with Gasteiger partial charge in [0.2, 0.25) is 6.29 Å². The van der Waals surface area contributed by atoms with Crippen LogP contribution < -0.4 is 0 Å². The second-order valence-corrected chi connectivity index (χ2v) is 5.03. The van der Waals surface area contributed by atoms with Crippen LogP contribution in [0.3, 0.4) is 0 Å². The van der Waals surface area contributed by atoms with Gasteiger partial charge in [0.1, 0.15) is 0 Å². The SMILES string of the molecule is CC1CN(C(=O)c2ccccc2)OC(c2ccccc2)O1. The zero-order chi connectivity index (χ0) is 14.7. The highest BCUT2D eigenvalue weighted by molar-refractivity contribution is 5.93. The van der Waals surface area contributed by atoms with E-state index in [1.54, 1.807) is 12.1 Å². The molecule has 0 spiro atoms. The molecule has 2 aromatic carbocycles. The first-order chi connectivity index (χ1) is 10.2. The topological polar surface area (TPSA) is 38.8 Å². The fraction of sp³-hybridized carbons (Fsp3) is 0.235. The zero-order valence-electron chi connectivity index (χ0n) is 11.8. The minimum Gasteiger partial charge on any atom is -0.342 e. The minimum atomic E-state index is -0.553. The number of hydrogen-bond donors (Lipinski definition) is 0. The van der Waals surface area contributed by atoms with Gasteiger partial charge in [0.15, 0.2) is 0 Å². The molecule has 1 amide bonds. The van der Waals surface area contributed by atoms with Crippen LogP contribution in [0.25, 0.3) is 0 Å². The van der Waals surface area contributed by atoms with Gasteiger partial charge in [0.25, 0.3) is 5.91 Å². The molecule has 1 fully saturated rings. The molecule has 0 N–H and O–H groups in total. The van der Waals surface area contributed by atoms with E-state index in [1.165, 1.54) is 5.06 Å². The minimum absolute atomic E-state index is 0.0865. The fourth-order valence-electron chi connectivity index (χ4n) is 2.28. The van der Waals surface area contributed by atoms with Gasteiger partial charge >= 0.3 is 0 Å². The summed E-state index contributed by atoms with van der Waals surface area (Å²) in [6, 6.07) is 18.7. The van der Waals surface area contributed by atoms with Crippen molar-refractivity contribution in [1.29, 1.82) is 0 Å². The van der Waals surface area contributed by atoms with Crippen molar-refractivity contribution in [3.05, 3.63) is 71.8 Å². The molecule has 0 aliphatic carbocycles. The number of benzene rings is 2. The standard InChI is InChI=1S/C17H17NO3/c1-13-12-18(16(19)14-8-4-2-5-9-14)21-17(20-13)15-10-6-3-7-11-15/h2-11,13,17H,12H2,1H3. The van der Waals surface area contributed by atoms with Crippen molar-refractivity contribution in [1.82, 2.24) is 5.06 Å². The third-order valence-corrected chi connectivity index (χ3v) is 3.32. The first-order valence-corrected chi connectivity index (χ1v) is 6.98. The summed E-state index contributed by atoms with van der Waals surface area (Å²) in [7, 11) is 0. The van der Waals surface area contributed by atoms with E-state index < -0.39 is 6.29 Å². The van der Waals surface area contributed by atoms with Crippen molar-refractivity contribution in [2.24, 2.45) is 0 Å². The summed E-state index contributed by atoms with van der Waals surface area (Å²) in [5, 5.41) is 1.39. The second-order valence-electron chi connectivity index (χ2n) is 5.03. The number of hydrogen-bond acceptors (Lipinski definition) is 3. The van der Waals surface area contributed by atoms with Crippen LogP contribution in [0.4, 0.5) is 0 Å². The van der Waals surface area contributed by atoms with Crippen LogP contribution in [0.15, 0.2) is 60.7 Å². The molecular weight excluding hydrogens is 266 g/mol. The highest BCUT2D eigenvalue weighted by atomic mass is 16.8. The van der Waals surface area contributed by atoms with E-state index in [1.807, 2.05) is 55.5 Å². The molecule has 0 bridgehead atoms. The van der Waals surface area contributed by atoms with Crippen LogP contribution in [-0.2, 0) is 9.57 Å². The molecule has 2 atom stereocenters. The summed E-state index contributed by atoms with van der Waals surface area (Å²) in [6.07, 6.45) is -0.640. The molecule has 4 heteroatoms. The molecule has 2 unspecified atom stereocenters. The lowest BCUT2D eigenvalue weighted by atomic mass is 10.2. The predicted molar refractivity (Wildman–Crippen MR) is 78.3 cm³/mol. The summed E-state index contributed by atoms with van der Waals surface area (Å²) in [6.45, 7) is 2.35. The third-order valence-electron chi connectivity index (χ3n) is 3.32. The van der Waals surface area contributed by atoms with E-state index in [9.17, 15) is 4.79 Å². The molecule has 0 saturated carbocycles. The highest BCUT2D eigenvalue weighted by Gasteiger charge is 2.31. The second kappa shape index (κ2) is 6.08. The van der Waals surface area contributed by atoms with Gasteiger partial charge in [0, 0.05) is 11.1 Å². The Morgan fingerprint density at radius 3 is 2.33 bits per heavy atom. The highest BCUT2D eigenvalue weighted by Crippen LogP contribution is 2.27. The Labute approximate surface area is 123 Å². The number of carbonyl (C=O) groups is 1. The van der Waals surface area contributed by atoms with Gasteiger partial charge in [-0.3, -0.25) is 4.79 Å². The van der Waals surface area contributed by atoms with Gasteiger partial charge in [0.05, 0.1) is 12.6 Å². The average Bonchev–Trinajstić information content (AvgIpc) is 2.55.